The number of rotatable bonds is 3. The molecule has 1 aromatic heterocycles. The zero-order valence-electron chi connectivity index (χ0n) is 8.04. The number of aromatic nitrogens is 1. The van der Waals surface area contributed by atoms with Gasteiger partial charge in [0.05, 0.1) is 11.0 Å². The predicted molar refractivity (Wildman–Crippen MR) is 51.0 cm³/mol. The lowest BCUT2D eigenvalue weighted by molar-refractivity contribution is -0.385. The lowest BCUT2D eigenvalue weighted by atomic mass is 10.0. The Balaban J connectivity index is 2.88. The summed E-state index contributed by atoms with van der Waals surface area (Å²) >= 11 is 0. The Bertz CT molecular complexity index is 321. The summed E-state index contributed by atoms with van der Waals surface area (Å²) in [6.45, 7) is 3.48. The van der Waals surface area contributed by atoms with Crippen LogP contribution in [0.2, 0.25) is 0 Å². The summed E-state index contributed by atoms with van der Waals surface area (Å²) in [7, 11) is 0. The first-order valence-electron chi connectivity index (χ1n) is 4.30. The highest BCUT2D eigenvalue weighted by Gasteiger charge is 2.14. The zero-order chi connectivity index (χ0) is 10.7. The van der Waals surface area contributed by atoms with E-state index in [1.807, 2.05) is 6.92 Å². The van der Waals surface area contributed by atoms with Gasteiger partial charge in [-0.25, -0.2) is 0 Å². The van der Waals surface area contributed by atoms with Crippen LogP contribution in [0.15, 0.2) is 18.3 Å². The average Bonchev–Trinajstić information content (AvgIpc) is 2.16. The number of pyridine rings is 1. The fraction of sp³-hybridized carbons (Fsp3) is 0.444. The van der Waals surface area contributed by atoms with Crippen LogP contribution in [0.3, 0.4) is 0 Å². The first-order valence-corrected chi connectivity index (χ1v) is 4.30. The van der Waals surface area contributed by atoms with Crippen LogP contribution in [0.4, 0.5) is 5.69 Å². The molecule has 0 aliphatic heterocycles. The minimum Gasteiger partial charge on any atom is -0.393 e. The summed E-state index contributed by atoms with van der Waals surface area (Å²) in [6.07, 6.45) is 0.692. The Kier molecular flexibility index (Phi) is 3.14. The molecule has 2 unspecified atom stereocenters. The lowest BCUT2D eigenvalue weighted by Gasteiger charge is -2.12. The highest BCUT2D eigenvalue weighted by Crippen LogP contribution is 2.18. The molecule has 0 aromatic carbocycles. The van der Waals surface area contributed by atoms with E-state index in [1.165, 1.54) is 12.3 Å². The highest BCUT2D eigenvalue weighted by atomic mass is 16.6. The molecular weight excluding hydrogens is 184 g/mol. The van der Waals surface area contributed by atoms with E-state index in [0.29, 0.717) is 5.69 Å². The molecule has 0 aliphatic rings. The molecule has 0 aliphatic carbocycles. The van der Waals surface area contributed by atoms with E-state index in [9.17, 15) is 15.2 Å². The molecular formula is C9H12N2O3. The predicted octanol–water partition coefficient (Wildman–Crippen LogP) is 1.47. The summed E-state index contributed by atoms with van der Waals surface area (Å²) in [5.74, 6) is -0.115. The number of aliphatic hydroxyl groups is 1. The highest BCUT2D eigenvalue weighted by molar-refractivity contribution is 5.27. The largest absolute Gasteiger partial charge is 0.393 e. The molecule has 0 bridgehead atoms. The Morgan fingerprint density at radius 3 is 2.50 bits per heavy atom. The van der Waals surface area contributed by atoms with Crippen LogP contribution < -0.4 is 0 Å². The molecule has 5 heteroatoms. The Hall–Kier alpha value is -1.49. The van der Waals surface area contributed by atoms with Crippen molar-refractivity contribution < 1.29 is 10.0 Å². The topological polar surface area (TPSA) is 76.3 Å². The minimum atomic E-state index is -0.510. The van der Waals surface area contributed by atoms with Gasteiger partial charge in [-0.15, -0.1) is 0 Å². The summed E-state index contributed by atoms with van der Waals surface area (Å²) in [5.41, 5.74) is 0.622. The molecule has 0 spiro atoms. The maximum Gasteiger partial charge on any atom is 0.287 e. The van der Waals surface area contributed by atoms with E-state index in [1.54, 1.807) is 13.0 Å². The normalized spacial score (nSPS) is 14.8. The quantitative estimate of drug-likeness (QED) is 0.586. The van der Waals surface area contributed by atoms with Crippen LogP contribution in [0, 0.1) is 10.1 Å². The molecule has 0 radical (unpaired) electrons. The van der Waals surface area contributed by atoms with Gasteiger partial charge < -0.3 is 5.11 Å². The van der Waals surface area contributed by atoms with Crippen molar-refractivity contribution in [2.45, 2.75) is 25.9 Å². The second-order valence-corrected chi connectivity index (χ2v) is 3.23. The molecule has 1 aromatic rings. The number of aliphatic hydroxyl groups excluding tert-OH is 1. The van der Waals surface area contributed by atoms with Crippen molar-refractivity contribution in [1.29, 1.82) is 0 Å². The second kappa shape index (κ2) is 4.15. The molecule has 14 heavy (non-hydrogen) atoms. The first-order chi connectivity index (χ1) is 6.52. The van der Waals surface area contributed by atoms with E-state index in [2.05, 4.69) is 4.98 Å². The molecule has 2 atom stereocenters. The summed E-state index contributed by atoms with van der Waals surface area (Å²) in [4.78, 5) is 13.8. The standard InChI is InChI=1S/C9H12N2O3/c1-6(7(2)12)9-4-3-8(5-10-9)11(13)14/h3-7,12H,1-2H3. The zero-order valence-corrected chi connectivity index (χ0v) is 8.04. The average molecular weight is 196 g/mol. The van der Waals surface area contributed by atoms with Crippen molar-refractivity contribution >= 4 is 5.69 Å². The van der Waals surface area contributed by atoms with Crippen LogP contribution in [0.25, 0.3) is 0 Å². The number of hydrogen-bond acceptors (Lipinski definition) is 4. The SMILES string of the molecule is CC(O)C(C)c1ccc([N+](=O)[O-])cn1. The van der Waals surface area contributed by atoms with E-state index in [-0.39, 0.29) is 11.6 Å². The number of nitro groups is 1. The first kappa shape index (κ1) is 10.6. The van der Waals surface area contributed by atoms with E-state index >= 15 is 0 Å². The molecule has 1 N–H and O–H groups in total. The van der Waals surface area contributed by atoms with Gasteiger partial charge >= 0.3 is 0 Å². The third-order valence-electron chi connectivity index (χ3n) is 2.17. The maximum absolute atomic E-state index is 10.3. The summed E-state index contributed by atoms with van der Waals surface area (Å²) in [6, 6.07) is 2.96. The molecule has 0 saturated heterocycles. The van der Waals surface area contributed by atoms with Crippen molar-refractivity contribution in [3.05, 3.63) is 34.1 Å². The van der Waals surface area contributed by atoms with Crippen LogP contribution in [-0.4, -0.2) is 21.1 Å². The number of nitrogens with zero attached hydrogens (tertiary/aromatic N) is 2. The van der Waals surface area contributed by atoms with E-state index in [0.717, 1.165) is 0 Å². The van der Waals surface area contributed by atoms with Crippen LogP contribution in [-0.2, 0) is 0 Å². The third-order valence-corrected chi connectivity index (χ3v) is 2.17. The van der Waals surface area contributed by atoms with Gasteiger partial charge in [-0.2, -0.15) is 0 Å². The number of hydrogen-bond donors (Lipinski definition) is 1. The summed E-state index contributed by atoms with van der Waals surface area (Å²) < 4.78 is 0. The van der Waals surface area contributed by atoms with Crippen molar-refractivity contribution in [3.8, 4) is 0 Å². The van der Waals surface area contributed by atoms with Crippen LogP contribution >= 0.6 is 0 Å². The monoisotopic (exact) mass is 196 g/mol. The fourth-order valence-corrected chi connectivity index (χ4v) is 1.02. The molecule has 76 valence electrons. The molecule has 0 fully saturated rings. The molecule has 0 amide bonds. The van der Waals surface area contributed by atoms with Gasteiger partial charge in [-0.3, -0.25) is 15.1 Å². The maximum atomic E-state index is 10.3. The van der Waals surface area contributed by atoms with Crippen molar-refractivity contribution in [2.24, 2.45) is 0 Å². The Labute approximate surface area is 81.6 Å². The van der Waals surface area contributed by atoms with Crippen LogP contribution in [0.5, 0.6) is 0 Å². The van der Waals surface area contributed by atoms with E-state index in [4.69, 9.17) is 0 Å². The smallest absolute Gasteiger partial charge is 0.287 e. The third kappa shape index (κ3) is 2.26. The molecule has 0 saturated carbocycles. The molecule has 5 nitrogen and oxygen atoms in total. The van der Waals surface area contributed by atoms with Gasteiger partial charge in [-0.1, -0.05) is 6.92 Å². The van der Waals surface area contributed by atoms with Gasteiger partial charge in [-0.05, 0) is 13.0 Å². The van der Waals surface area contributed by atoms with Crippen molar-refractivity contribution in [3.63, 3.8) is 0 Å². The molecule has 1 heterocycles. The second-order valence-electron chi connectivity index (χ2n) is 3.23. The molecule has 1 rings (SSSR count). The van der Waals surface area contributed by atoms with Gasteiger partial charge in [0.25, 0.3) is 5.69 Å². The van der Waals surface area contributed by atoms with Gasteiger partial charge in [0, 0.05) is 17.7 Å². The van der Waals surface area contributed by atoms with Gasteiger partial charge in [0.15, 0.2) is 0 Å². The van der Waals surface area contributed by atoms with E-state index < -0.39 is 11.0 Å². The summed E-state index contributed by atoms with van der Waals surface area (Å²) in [5, 5.41) is 19.6. The van der Waals surface area contributed by atoms with Gasteiger partial charge in [0.1, 0.15) is 6.20 Å². The van der Waals surface area contributed by atoms with Gasteiger partial charge in [0.2, 0.25) is 0 Å². The Morgan fingerprint density at radius 1 is 1.50 bits per heavy atom. The lowest BCUT2D eigenvalue weighted by Crippen LogP contribution is -2.12. The van der Waals surface area contributed by atoms with Crippen molar-refractivity contribution in [2.75, 3.05) is 0 Å². The Morgan fingerprint density at radius 2 is 2.14 bits per heavy atom. The van der Waals surface area contributed by atoms with Crippen LogP contribution in [0.1, 0.15) is 25.5 Å². The van der Waals surface area contributed by atoms with Crippen molar-refractivity contribution in [1.82, 2.24) is 4.98 Å². The fourth-order valence-electron chi connectivity index (χ4n) is 1.02. The minimum absolute atomic E-state index is 0.0356.